The molecule has 114 heavy (non-hydrogen) atoms. The van der Waals surface area contributed by atoms with Crippen molar-refractivity contribution in [2.75, 3.05) is 51.9 Å². The van der Waals surface area contributed by atoms with Gasteiger partial charge in [-0.25, -0.2) is 0 Å². The summed E-state index contributed by atoms with van der Waals surface area (Å²) in [5.41, 5.74) is 18.1. The highest BCUT2D eigenvalue weighted by atomic mass is 32.2. The third-order valence-corrected chi connectivity index (χ3v) is 20.9. The van der Waals surface area contributed by atoms with Gasteiger partial charge in [0.25, 0.3) is 0 Å². The number of aliphatic hydroxyl groups is 10. The van der Waals surface area contributed by atoms with Gasteiger partial charge in [0.15, 0.2) is 23.8 Å². The number of likely N-dealkylation sites (N-methyl/N-ethyl adjacent to an activating group) is 1. The highest BCUT2D eigenvalue weighted by Crippen LogP contribution is 2.38. The molecule has 2 bridgehead atoms. The number of hydrogen-bond acceptors (Lipinski definition) is 26. The van der Waals surface area contributed by atoms with E-state index >= 15 is 0 Å². The number of allylic oxidation sites excluding steroid dienone is 12. The standard InChI is InChI=1S/C81H130N10O22S/c1-49(2)40-62(89-75(104)61(87-48-92)33-39-114-9)76(105)90-63(41-55-27-22-20-23-28-55)77(106)88-60(30-25-34-86-80(83)84)72(101)52(5)91(8)36-38-109-37-35-85-78(107)69-66(98)47-81(108)46-58(95)43-65(97)64(96)32-31-56(93)42-57(94)44-68(99)110-53(6)51(4)71(100)50(3)26-21-18-16-14-12-10-11-13-15-17-19-24-29-59(45-67(69)113-81)112-79-74(103)70(82)73(102)54(7)111-79/h10-24,26-29,48-54,56-67,69-71,73-74,79,93-98,100,102-103,108H,25,30-47,82H2,1-9H3,(H,85,107)(H,87,92)(H,88,106)(H,89,104)(H,90,105)(H4,83,84,86). The van der Waals surface area contributed by atoms with Crippen LogP contribution in [0.3, 0.4) is 0 Å². The van der Waals surface area contributed by atoms with E-state index in [-0.39, 0.29) is 102 Å². The number of rotatable bonds is 31. The van der Waals surface area contributed by atoms with Gasteiger partial charge in [0, 0.05) is 63.6 Å². The van der Waals surface area contributed by atoms with Gasteiger partial charge in [-0.15, -0.1) is 0 Å². The second-order valence-electron chi connectivity index (χ2n) is 30.3. The van der Waals surface area contributed by atoms with E-state index in [4.69, 9.17) is 40.9 Å². The first-order valence-corrected chi connectivity index (χ1v) is 40.7. The lowest BCUT2D eigenvalue weighted by Crippen LogP contribution is -2.62. The number of nitrogens with two attached hydrogens (primary N) is 3. The number of benzene rings is 1. The van der Waals surface area contributed by atoms with Gasteiger partial charge in [0.05, 0.1) is 111 Å². The van der Waals surface area contributed by atoms with E-state index in [0.29, 0.717) is 24.1 Å². The Kier molecular flexibility index (Phi) is 45.7. The number of carbonyl (C=O) groups excluding carboxylic acids is 7. The highest BCUT2D eigenvalue weighted by molar-refractivity contribution is 7.98. The van der Waals surface area contributed by atoms with Gasteiger partial charge >= 0.3 is 5.97 Å². The number of carbonyl (C=O) groups is 7. The van der Waals surface area contributed by atoms with Crippen molar-refractivity contribution in [1.82, 2.24) is 31.5 Å². The fraction of sp³-hybridized carbons (Fsp3) is 0.654. The first-order chi connectivity index (χ1) is 54.1. The average molecular weight is 1630 g/mol. The second kappa shape index (κ2) is 52.5. The minimum Gasteiger partial charge on any atom is -0.462 e. The Morgan fingerprint density at radius 1 is 0.702 bits per heavy atom. The Bertz CT molecular complexity index is 3310. The minimum atomic E-state index is -2.41. The summed E-state index contributed by atoms with van der Waals surface area (Å²) in [6.07, 6.45) is 5.43. The summed E-state index contributed by atoms with van der Waals surface area (Å²) in [4.78, 5) is 102. The third-order valence-electron chi connectivity index (χ3n) is 20.3. The number of amides is 5. The summed E-state index contributed by atoms with van der Waals surface area (Å²) in [5, 5.41) is 126. The maximum atomic E-state index is 14.6. The molecule has 0 saturated carbocycles. The van der Waals surface area contributed by atoms with E-state index in [1.165, 1.54) is 18.7 Å². The quantitative estimate of drug-likeness (QED) is 0.0156. The molecule has 2 saturated heterocycles. The molecule has 24 unspecified atom stereocenters. The fourth-order valence-electron chi connectivity index (χ4n) is 13.3. The first kappa shape index (κ1) is 99.2. The van der Waals surface area contributed by atoms with E-state index in [1.54, 1.807) is 142 Å². The molecule has 32 nitrogen and oxygen atoms in total. The number of nitrogens with one attached hydrogen (secondary N) is 5. The Hall–Kier alpha value is -7.13. The number of Topliss-reactive ketones (excluding diaryl/α,β-unsaturated/α-hetero) is 1. The normalized spacial score (nSPS) is 30.2. The molecule has 3 aliphatic heterocycles. The summed E-state index contributed by atoms with van der Waals surface area (Å²) >= 11 is 1.48. The Balaban J connectivity index is 1.57. The number of esters is 1. The van der Waals surface area contributed by atoms with Crippen LogP contribution in [0, 0.1) is 23.7 Å². The van der Waals surface area contributed by atoms with Crippen LogP contribution in [-0.2, 0) is 63.7 Å². The third kappa shape index (κ3) is 36.2. The Labute approximate surface area is 674 Å². The van der Waals surface area contributed by atoms with Crippen molar-refractivity contribution in [3.63, 3.8) is 0 Å². The van der Waals surface area contributed by atoms with Crippen LogP contribution < -0.4 is 43.8 Å². The first-order valence-electron chi connectivity index (χ1n) is 39.3. The molecule has 1 aromatic rings. The summed E-state index contributed by atoms with van der Waals surface area (Å²) in [6, 6.07) is 2.43. The molecular formula is C81H130N10O22S. The number of cyclic esters (lactones) is 1. The fourth-order valence-corrected chi connectivity index (χ4v) is 13.8. The predicted octanol–water partition coefficient (Wildman–Crippen LogP) is 0.314. The lowest BCUT2D eigenvalue weighted by atomic mass is 9.82. The number of fused-ring (bicyclic) bond motifs is 2. The molecule has 3 heterocycles. The van der Waals surface area contributed by atoms with Gasteiger partial charge < -0.3 is 119 Å². The van der Waals surface area contributed by atoms with Crippen LogP contribution in [0.4, 0.5) is 0 Å². The number of guanidine groups is 1. The summed E-state index contributed by atoms with van der Waals surface area (Å²) < 4.78 is 30.1. The SMILES string of the molecule is CSCCC(NC=O)C(=O)NC(CC(C)C)C(=O)NC(Cc1ccccc1)C(=O)NC(CCCN=C(N)N)C(=O)C(C)N(C)CCOCCNC(=O)C1C(O)CC2(O)CC(O)CC(O)C(O)CCC(O)CC(O)CC(=O)OC(C)C(C)C(O)C(C)C=CC=CC=CC=CC=CC=CC=CC(OC3OC(C)C(O)C(N)C3O)CC1O2. The van der Waals surface area contributed by atoms with Gasteiger partial charge in [-0.2, -0.15) is 11.8 Å². The predicted molar refractivity (Wildman–Crippen MR) is 432 cm³/mol. The van der Waals surface area contributed by atoms with Crippen molar-refractivity contribution in [2.24, 2.45) is 45.9 Å². The van der Waals surface area contributed by atoms with Crippen molar-refractivity contribution >= 4 is 59.5 Å². The van der Waals surface area contributed by atoms with Gasteiger partial charge in [0.1, 0.15) is 30.3 Å². The average Bonchev–Trinajstić information content (AvgIpc) is 0.777. The Morgan fingerprint density at radius 2 is 1.31 bits per heavy atom. The monoisotopic (exact) mass is 1630 g/mol. The van der Waals surface area contributed by atoms with Crippen LogP contribution in [0.2, 0.25) is 0 Å². The number of ether oxygens (including phenoxy) is 5. The molecule has 21 N–H and O–H groups in total. The van der Waals surface area contributed by atoms with Crippen molar-refractivity contribution in [1.29, 1.82) is 0 Å². The zero-order valence-electron chi connectivity index (χ0n) is 67.2. The zero-order valence-corrected chi connectivity index (χ0v) is 68.1. The maximum absolute atomic E-state index is 14.6. The largest absolute Gasteiger partial charge is 0.462 e. The van der Waals surface area contributed by atoms with Crippen LogP contribution in [0.15, 0.2) is 120 Å². The number of thioether (sulfide) groups is 1. The zero-order chi connectivity index (χ0) is 84.6. The van der Waals surface area contributed by atoms with E-state index in [1.807, 2.05) is 33.1 Å². The van der Waals surface area contributed by atoms with Crippen molar-refractivity contribution < 1.29 is 108 Å². The van der Waals surface area contributed by atoms with E-state index in [0.717, 1.165) is 0 Å². The molecule has 0 radical (unpaired) electrons. The molecule has 24 atom stereocenters. The molecule has 4 rings (SSSR count). The van der Waals surface area contributed by atoms with Crippen LogP contribution in [0.25, 0.3) is 0 Å². The molecule has 3 aliphatic rings. The number of nitrogens with zero attached hydrogens (tertiary/aromatic N) is 2. The lowest BCUT2D eigenvalue weighted by Gasteiger charge is -2.46. The molecule has 5 amide bonds. The summed E-state index contributed by atoms with van der Waals surface area (Å²) in [7, 11) is 1.67. The van der Waals surface area contributed by atoms with Gasteiger partial charge in [-0.1, -0.05) is 143 Å². The Morgan fingerprint density at radius 3 is 1.93 bits per heavy atom. The van der Waals surface area contributed by atoms with Crippen molar-refractivity contribution in [3.8, 4) is 0 Å². The second-order valence-corrected chi connectivity index (χ2v) is 31.2. The number of aliphatic imine (C=N–C) groups is 1. The summed E-state index contributed by atoms with van der Waals surface area (Å²) in [6.45, 7) is 12.1. The molecular weight excluding hydrogens is 1500 g/mol. The number of aliphatic hydroxyl groups excluding tert-OH is 9. The van der Waals surface area contributed by atoms with Crippen LogP contribution in [-0.4, -0.2) is 283 Å². The number of hydrogen-bond donors (Lipinski definition) is 18. The van der Waals surface area contributed by atoms with Gasteiger partial charge in [-0.05, 0) is 96.3 Å². The topological polar surface area (TPSA) is 522 Å². The molecule has 33 heteroatoms. The molecule has 0 aliphatic carbocycles. The lowest BCUT2D eigenvalue weighted by molar-refractivity contribution is -0.307. The minimum absolute atomic E-state index is 0.00428. The molecule has 1 aromatic carbocycles. The highest BCUT2D eigenvalue weighted by Gasteiger charge is 2.51. The molecule has 0 aromatic heterocycles. The summed E-state index contributed by atoms with van der Waals surface area (Å²) in [5.74, 6) is -8.25. The van der Waals surface area contributed by atoms with Crippen LogP contribution in [0.5, 0.6) is 0 Å². The van der Waals surface area contributed by atoms with E-state index < -0.39 is 201 Å². The molecule has 0 spiro atoms. The maximum Gasteiger partial charge on any atom is 0.308 e. The molecule has 2 fully saturated rings. The molecule has 642 valence electrons. The van der Waals surface area contributed by atoms with E-state index in [9.17, 15) is 84.6 Å². The van der Waals surface area contributed by atoms with E-state index in [2.05, 4.69) is 31.6 Å². The van der Waals surface area contributed by atoms with Gasteiger partial charge in [-0.3, -0.25) is 43.5 Å². The van der Waals surface area contributed by atoms with Gasteiger partial charge in [0.2, 0.25) is 30.0 Å². The smallest absolute Gasteiger partial charge is 0.308 e. The number of ketones is 1. The van der Waals surface area contributed by atoms with Crippen molar-refractivity contribution in [2.45, 2.75) is 260 Å². The van der Waals surface area contributed by atoms with Crippen molar-refractivity contribution in [3.05, 3.63) is 121 Å². The van der Waals surface area contributed by atoms with Crippen LogP contribution in [0.1, 0.15) is 131 Å². The van der Waals surface area contributed by atoms with Crippen LogP contribution >= 0.6 is 11.8 Å².